The Morgan fingerprint density at radius 3 is 1.19 bits per heavy atom. The van der Waals surface area contributed by atoms with Gasteiger partial charge in [0.05, 0.1) is 11.1 Å². The van der Waals surface area contributed by atoms with Crippen molar-refractivity contribution in [3.05, 3.63) is 58.7 Å². The Morgan fingerprint density at radius 2 is 0.923 bits per heavy atom. The van der Waals surface area contributed by atoms with Crippen molar-refractivity contribution in [2.75, 3.05) is 11.5 Å². The van der Waals surface area contributed by atoms with Crippen molar-refractivity contribution < 1.29 is 9.59 Å². The van der Waals surface area contributed by atoms with Crippen LogP contribution in [0.3, 0.4) is 0 Å². The Labute approximate surface area is 156 Å². The molecule has 1 aliphatic rings. The van der Waals surface area contributed by atoms with Crippen LogP contribution in [0.5, 0.6) is 0 Å². The van der Waals surface area contributed by atoms with E-state index in [0.29, 0.717) is 11.1 Å². The molecular weight excluding hydrogens is 324 g/mol. The molecule has 26 heavy (non-hydrogen) atoms. The van der Waals surface area contributed by atoms with E-state index in [1.54, 1.807) is 36.4 Å². The number of benzene rings is 2. The highest BCUT2D eigenvalue weighted by atomic mass is 16.1. The summed E-state index contributed by atoms with van der Waals surface area (Å²) < 4.78 is 0. The second-order valence-electron chi connectivity index (χ2n) is 6.20. The predicted molar refractivity (Wildman–Crippen MR) is 110 cm³/mol. The van der Waals surface area contributed by atoms with Gasteiger partial charge in [0.1, 0.15) is 0 Å². The van der Waals surface area contributed by atoms with Gasteiger partial charge in [-0.1, -0.05) is 77.6 Å². The third kappa shape index (κ3) is 4.72. The molecule has 0 saturated carbocycles. The van der Waals surface area contributed by atoms with Crippen molar-refractivity contribution in [2.24, 2.45) is 0 Å². The lowest BCUT2D eigenvalue weighted by molar-refractivity contribution is 0.0980. The Hall–Kier alpha value is -2.62. The molecule has 4 nitrogen and oxygen atoms in total. The van der Waals surface area contributed by atoms with Gasteiger partial charge < -0.3 is 11.5 Å². The van der Waals surface area contributed by atoms with E-state index in [4.69, 9.17) is 11.5 Å². The minimum absolute atomic E-state index is 0.221. The molecule has 0 unspecified atom stereocenters. The van der Waals surface area contributed by atoms with Gasteiger partial charge in [-0.25, -0.2) is 0 Å². The largest absolute Gasteiger partial charge is 0.398 e. The first kappa shape index (κ1) is 21.4. The summed E-state index contributed by atoms with van der Waals surface area (Å²) in [6, 6.07) is 9.79. The van der Waals surface area contributed by atoms with Gasteiger partial charge in [0.25, 0.3) is 0 Å². The standard InChI is InChI=1S/C14H10N2O2.2C4H10/c15-9-5-6-10(16)12-11(9)13(17)7-3-1-2-4-8(7)14(12)18;2*1-3-4-2/h1-6H,15-16H2;2*3-4H2,1-2H3. The fraction of sp³-hybridized carbons (Fsp3) is 0.364. The second kappa shape index (κ2) is 10.4. The first-order valence-electron chi connectivity index (χ1n) is 9.30. The third-order valence-electron chi connectivity index (χ3n) is 4.14. The van der Waals surface area contributed by atoms with E-state index in [1.807, 2.05) is 0 Å². The zero-order chi connectivity index (χ0) is 19.7. The molecule has 0 aromatic heterocycles. The molecule has 0 heterocycles. The summed E-state index contributed by atoms with van der Waals surface area (Å²) >= 11 is 0. The van der Waals surface area contributed by atoms with Gasteiger partial charge in [-0.2, -0.15) is 0 Å². The molecule has 0 aliphatic heterocycles. The number of unbranched alkanes of at least 4 members (excludes halogenated alkanes) is 2. The number of carbonyl (C=O) groups is 2. The molecule has 0 saturated heterocycles. The van der Waals surface area contributed by atoms with E-state index in [0.717, 1.165) is 0 Å². The topological polar surface area (TPSA) is 86.2 Å². The Morgan fingerprint density at radius 1 is 0.615 bits per heavy atom. The summed E-state index contributed by atoms with van der Waals surface area (Å²) in [6.45, 7) is 8.72. The first-order valence-corrected chi connectivity index (χ1v) is 9.30. The van der Waals surface area contributed by atoms with Crippen molar-refractivity contribution in [2.45, 2.75) is 53.4 Å². The van der Waals surface area contributed by atoms with Crippen LogP contribution in [0.4, 0.5) is 11.4 Å². The number of rotatable bonds is 2. The lowest BCUT2D eigenvalue weighted by Crippen LogP contribution is -2.23. The quantitative estimate of drug-likeness (QED) is 0.616. The van der Waals surface area contributed by atoms with Gasteiger partial charge in [-0.3, -0.25) is 9.59 Å². The number of ketones is 2. The molecule has 0 fully saturated rings. The van der Waals surface area contributed by atoms with Crippen molar-refractivity contribution in [3.63, 3.8) is 0 Å². The van der Waals surface area contributed by atoms with Gasteiger partial charge in [0.2, 0.25) is 0 Å². The van der Waals surface area contributed by atoms with Crippen LogP contribution < -0.4 is 11.5 Å². The molecule has 0 amide bonds. The van der Waals surface area contributed by atoms with Gasteiger partial charge in [0, 0.05) is 22.5 Å². The lowest BCUT2D eigenvalue weighted by Gasteiger charge is -2.20. The van der Waals surface area contributed by atoms with Crippen molar-refractivity contribution >= 4 is 22.9 Å². The highest BCUT2D eigenvalue weighted by Gasteiger charge is 2.32. The van der Waals surface area contributed by atoms with Crippen LogP contribution in [0.2, 0.25) is 0 Å². The monoisotopic (exact) mass is 354 g/mol. The molecule has 3 rings (SSSR count). The molecule has 0 bridgehead atoms. The summed E-state index contributed by atoms with van der Waals surface area (Å²) in [5.74, 6) is -0.491. The zero-order valence-corrected chi connectivity index (χ0v) is 16.3. The third-order valence-corrected chi connectivity index (χ3v) is 4.14. The molecule has 4 heteroatoms. The number of hydrogen-bond donors (Lipinski definition) is 2. The summed E-state index contributed by atoms with van der Waals surface area (Å²) in [5, 5.41) is 0. The molecule has 1 aliphatic carbocycles. The average Bonchev–Trinajstić information content (AvgIpc) is 2.68. The van der Waals surface area contributed by atoms with Crippen LogP contribution in [-0.4, -0.2) is 11.6 Å². The second-order valence-corrected chi connectivity index (χ2v) is 6.20. The van der Waals surface area contributed by atoms with Gasteiger partial charge in [-0.15, -0.1) is 0 Å². The van der Waals surface area contributed by atoms with E-state index in [1.165, 1.54) is 25.7 Å². The number of nitrogens with two attached hydrogens (primary N) is 2. The zero-order valence-electron chi connectivity index (χ0n) is 16.3. The van der Waals surface area contributed by atoms with Gasteiger partial charge in [-0.05, 0) is 12.1 Å². The number of anilines is 2. The van der Waals surface area contributed by atoms with Crippen molar-refractivity contribution in [3.8, 4) is 0 Å². The molecule has 4 N–H and O–H groups in total. The van der Waals surface area contributed by atoms with E-state index in [9.17, 15) is 9.59 Å². The average molecular weight is 354 g/mol. The molecule has 2 aromatic carbocycles. The fourth-order valence-corrected chi connectivity index (χ4v) is 2.27. The molecular formula is C22H30N2O2. The number of nitrogen functional groups attached to an aromatic ring is 2. The molecule has 0 spiro atoms. The number of carbonyl (C=O) groups excluding carboxylic acids is 2. The van der Waals surface area contributed by atoms with Crippen LogP contribution in [-0.2, 0) is 0 Å². The molecule has 2 aromatic rings. The highest BCUT2D eigenvalue weighted by Crippen LogP contribution is 2.33. The fourth-order valence-electron chi connectivity index (χ4n) is 2.27. The lowest BCUT2D eigenvalue weighted by atomic mass is 9.82. The summed E-state index contributed by atoms with van der Waals surface area (Å²) in [5.41, 5.74) is 13.4. The first-order chi connectivity index (χ1) is 12.4. The summed E-state index contributed by atoms with van der Waals surface area (Å²) in [6.07, 6.45) is 5.28. The van der Waals surface area contributed by atoms with Crippen LogP contribution in [0.25, 0.3) is 0 Å². The van der Waals surface area contributed by atoms with Crippen LogP contribution in [0, 0.1) is 0 Å². The van der Waals surface area contributed by atoms with Gasteiger partial charge >= 0.3 is 0 Å². The van der Waals surface area contributed by atoms with Crippen LogP contribution in [0.15, 0.2) is 36.4 Å². The Balaban J connectivity index is 0.000000360. The summed E-state index contributed by atoms with van der Waals surface area (Å²) in [7, 11) is 0. The Kier molecular flexibility index (Phi) is 8.56. The minimum atomic E-state index is -0.245. The minimum Gasteiger partial charge on any atom is -0.398 e. The van der Waals surface area contributed by atoms with E-state index in [-0.39, 0.29) is 34.1 Å². The number of fused-ring (bicyclic) bond motifs is 2. The van der Waals surface area contributed by atoms with E-state index in [2.05, 4.69) is 27.7 Å². The maximum atomic E-state index is 12.3. The highest BCUT2D eigenvalue weighted by molar-refractivity contribution is 6.31. The van der Waals surface area contributed by atoms with Crippen LogP contribution >= 0.6 is 0 Å². The summed E-state index contributed by atoms with van der Waals surface area (Å²) in [4.78, 5) is 24.7. The maximum absolute atomic E-state index is 12.3. The van der Waals surface area contributed by atoms with Crippen molar-refractivity contribution in [1.82, 2.24) is 0 Å². The normalized spacial score (nSPS) is 11.4. The SMILES string of the molecule is CCCC.CCCC.Nc1ccc(N)c2c1C(=O)c1ccccc1C2=O. The Bertz CT molecular complexity index is 699. The predicted octanol–water partition coefficient (Wildman–Crippen LogP) is 5.24. The van der Waals surface area contributed by atoms with Crippen molar-refractivity contribution in [1.29, 1.82) is 0 Å². The smallest absolute Gasteiger partial charge is 0.196 e. The molecule has 0 atom stereocenters. The van der Waals surface area contributed by atoms with E-state index < -0.39 is 0 Å². The number of hydrogen-bond acceptors (Lipinski definition) is 4. The molecule has 140 valence electrons. The van der Waals surface area contributed by atoms with Crippen LogP contribution in [0.1, 0.15) is 85.2 Å². The van der Waals surface area contributed by atoms with Gasteiger partial charge in [0.15, 0.2) is 11.6 Å². The molecule has 0 radical (unpaired) electrons. The van der Waals surface area contributed by atoms with E-state index >= 15 is 0 Å². The maximum Gasteiger partial charge on any atom is 0.196 e.